The number of hydrogen-bond donors (Lipinski definition) is 14. The number of nitrogens with one attached hydrogen (secondary N) is 7. The molecule has 0 spiro atoms. The maximum Gasteiger partial charge on any atom is 0.326 e. The second-order valence-corrected chi connectivity index (χ2v) is 13.4. The molecule has 2 aromatic heterocycles. The molecule has 1 aromatic carbocycles. The predicted molar refractivity (Wildman–Crippen MR) is 217 cm³/mol. The summed E-state index contributed by atoms with van der Waals surface area (Å²) in [5.74, 6) is -11.1. The number of anilines is 2. The fourth-order valence-electron chi connectivity index (χ4n) is 5.39. The molecule has 0 saturated heterocycles. The first-order valence-electron chi connectivity index (χ1n) is 18.6. The van der Waals surface area contributed by atoms with E-state index in [1.165, 1.54) is 30.5 Å². The molecule has 0 saturated carbocycles. The van der Waals surface area contributed by atoms with Crippen LogP contribution in [-0.4, -0.2) is 132 Å². The van der Waals surface area contributed by atoms with Crippen LogP contribution in [0, 0.1) is 0 Å². The van der Waals surface area contributed by atoms with E-state index in [-0.39, 0.29) is 54.6 Å². The molecule has 18 N–H and O–H groups in total. The first-order chi connectivity index (χ1) is 29.7. The monoisotopic (exact) mass is 883 g/mol. The molecular weight excluding hydrogens is 838 g/mol. The molecule has 28 nitrogen and oxygen atoms in total. The van der Waals surface area contributed by atoms with Crippen molar-refractivity contribution in [2.75, 3.05) is 24.1 Å². The highest BCUT2D eigenvalue weighted by molar-refractivity contribution is 5.98. The SMILES string of the molecule is NC(=O)[C@H](CC(=O)O)NC(=O)CNC(=O)[C@H](CCCN=C(N)N)NC(=O)[C@H](CC(=O)O)NC(=O)CC[C@H](NC(=O)c1ccc(NCc2cnc3nc(N)[nH]c(=O)c3n2)cc1)C(=O)O. The molecule has 2 heterocycles. The Balaban J connectivity index is 1.60. The van der Waals surface area contributed by atoms with E-state index in [9.17, 15) is 58.2 Å². The fraction of sp³-hybridized carbons (Fsp3) is 0.371. The molecule has 3 aromatic rings. The van der Waals surface area contributed by atoms with Crippen molar-refractivity contribution in [3.63, 3.8) is 0 Å². The van der Waals surface area contributed by atoms with Gasteiger partial charge < -0.3 is 70.2 Å². The predicted octanol–water partition coefficient (Wildman–Crippen LogP) is -5.07. The lowest BCUT2D eigenvalue weighted by atomic mass is 10.1. The molecule has 63 heavy (non-hydrogen) atoms. The van der Waals surface area contributed by atoms with Crippen LogP contribution >= 0.6 is 0 Å². The van der Waals surface area contributed by atoms with Gasteiger partial charge in [-0.2, -0.15) is 4.98 Å². The minimum atomic E-state index is -1.81. The molecule has 4 atom stereocenters. The average molecular weight is 884 g/mol. The summed E-state index contributed by atoms with van der Waals surface area (Å²) in [7, 11) is 0. The molecule has 0 aliphatic rings. The van der Waals surface area contributed by atoms with Gasteiger partial charge in [0.2, 0.25) is 35.5 Å². The molecule has 3 rings (SSSR count). The van der Waals surface area contributed by atoms with Crippen LogP contribution in [-0.2, 0) is 44.9 Å². The highest BCUT2D eigenvalue weighted by atomic mass is 16.4. The van der Waals surface area contributed by atoms with Crippen molar-refractivity contribution in [3.8, 4) is 0 Å². The van der Waals surface area contributed by atoms with Crippen LogP contribution in [0.2, 0.25) is 0 Å². The van der Waals surface area contributed by atoms with Crippen LogP contribution in [0.5, 0.6) is 0 Å². The first-order valence-corrected chi connectivity index (χ1v) is 18.6. The third kappa shape index (κ3) is 16.6. The number of nitrogen functional groups attached to an aromatic ring is 1. The van der Waals surface area contributed by atoms with E-state index in [4.69, 9.17) is 28.0 Å². The molecule has 0 aliphatic heterocycles. The largest absolute Gasteiger partial charge is 0.481 e. The van der Waals surface area contributed by atoms with Crippen LogP contribution in [0.3, 0.4) is 0 Å². The Kier molecular flexibility index (Phi) is 18.1. The number of primary amides is 1. The summed E-state index contributed by atoms with van der Waals surface area (Å²) >= 11 is 0. The number of aliphatic carboxylic acids is 3. The maximum absolute atomic E-state index is 13.3. The van der Waals surface area contributed by atoms with Crippen molar-refractivity contribution in [1.82, 2.24) is 46.5 Å². The number of nitrogens with two attached hydrogens (primary N) is 4. The Bertz CT molecular complexity index is 2300. The molecule has 0 aliphatic carbocycles. The number of H-pyrrole nitrogens is 1. The summed E-state index contributed by atoms with van der Waals surface area (Å²) in [5, 5.41) is 42.1. The summed E-state index contributed by atoms with van der Waals surface area (Å²) in [4.78, 5) is 141. The van der Waals surface area contributed by atoms with Gasteiger partial charge in [-0.15, -0.1) is 0 Å². The number of amides is 6. The van der Waals surface area contributed by atoms with Crippen molar-refractivity contribution < 1.29 is 58.5 Å². The number of guanidine groups is 1. The standard InChI is InChI=1S/C35H45N15O13/c36-27(57)20(10-24(53)54)45-23(52)14-43-30(59)18(2-1-9-40-34(37)38)47-31(60)21(11-25(55)56)46-22(51)8-7-19(33(62)63)48-29(58)15-3-5-16(6-4-15)41-12-17-13-42-28-26(44-17)32(61)50-35(39)49-28/h3-6,13,18-21,41H,1-2,7-12,14H2,(H2,36,57)(H,43,59)(H,45,52)(H,46,51)(H,47,60)(H,48,58)(H,53,54)(H,55,56)(H,62,63)(H4,37,38,40)(H3,39,42,49,50,61)/t18-,19-,20-,21-/m0/s1. The van der Waals surface area contributed by atoms with Gasteiger partial charge in [-0.3, -0.25) is 53.1 Å². The van der Waals surface area contributed by atoms with Crippen molar-refractivity contribution in [2.24, 2.45) is 22.2 Å². The van der Waals surface area contributed by atoms with Gasteiger partial charge in [0.15, 0.2) is 17.1 Å². The normalized spacial score (nSPS) is 12.6. The van der Waals surface area contributed by atoms with Crippen LogP contribution in [0.15, 0.2) is 40.2 Å². The van der Waals surface area contributed by atoms with Crippen molar-refractivity contribution in [1.29, 1.82) is 0 Å². The summed E-state index contributed by atoms with van der Waals surface area (Å²) in [6, 6.07) is -0.737. The van der Waals surface area contributed by atoms with Crippen LogP contribution < -0.4 is 60.4 Å². The van der Waals surface area contributed by atoms with E-state index in [0.717, 1.165) is 0 Å². The highest BCUT2D eigenvalue weighted by Crippen LogP contribution is 2.13. The van der Waals surface area contributed by atoms with Crippen LogP contribution in [0.1, 0.15) is 54.6 Å². The Hall–Kier alpha value is -8.46. The van der Waals surface area contributed by atoms with Gasteiger partial charge in [0.1, 0.15) is 24.2 Å². The van der Waals surface area contributed by atoms with Gasteiger partial charge in [-0.25, -0.2) is 14.8 Å². The molecule has 28 heteroatoms. The number of benzene rings is 1. The number of rotatable bonds is 25. The van der Waals surface area contributed by atoms with Crippen LogP contribution in [0.25, 0.3) is 11.2 Å². The van der Waals surface area contributed by atoms with E-state index >= 15 is 0 Å². The topological polar surface area (TPSA) is 474 Å². The molecule has 6 amide bonds. The van der Waals surface area contributed by atoms with Crippen molar-refractivity contribution in [2.45, 2.75) is 69.2 Å². The van der Waals surface area contributed by atoms with Gasteiger partial charge in [0, 0.05) is 24.2 Å². The third-order valence-corrected chi connectivity index (χ3v) is 8.46. The highest BCUT2D eigenvalue weighted by Gasteiger charge is 2.30. The molecule has 0 bridgehead atoms. The number of fused-ring (bicyclic) bond motifs is 1. The second-order valence-electron chi connectivity index (χ2n) is 13.4. The smallest absolute Gasteiger partial charge is 0.326 e. The van der Waals surface area contributed by atoms with Crippen molar-refractivity contribution in [3.05, 3.63) is 52.1 Å². The maximum atomic E-state index is 13.3. The lowest BCUT2D eigenvalue weighted by Crippen LogP contribution is -2.55. The fourth-order valence-corrected chi connectivity index (χ4v) is 5.39. The van der Waals surface area contributed by atoms with E-state index in [1.54, 1.807) is 0 Å². The van der Waals surface area contributed by atoms with E-state index in [2.05, 4.69) is 51.5 Å². The lowest BCUT2D eigenvalue weighted by molar-refractivity contribution is -0.141. The van der Waals surface area contributed by atoms with Gasteiger partial charge in [0.05, 0.1) is 37.8 Å². The van der Waals surface area contributed by atoms with Gasteiger partial charge in [0.25, 0.3) is 11.5 Å². The van der Waals surface area contributed by atoms with Crippen molar-refractivity contribution >= 4 is 82.1 Å². The zero-order chi connectivity index (χ0) is 46.8. The number of carbonyl (C=O) groups excluding carboxylic acids is 6. The number of hydrogen-bond acceptors (Lipinski definition) is 16. The first kappa shape index (κ1) is 48.9. The van der Waals surface area contributed by atoms with Gasteiger partial charge >= 0.3 is 17.9 Å². The minimum Gasteiger partial charge on any atom is -0.481 e. The van der Waals surface area contributed by atoms with Gasteiger partial charge in [-0.1, -0.05) is 0 Å². The molecule has 0 radical (unpaired) electrons. The second kappa shape index (κ2) is 23.4. The molecule has 0 fully saturated rings. The van der Waals surface area contributed by atoms with E-state index in [0.29, 0.717) is 11.4 Å². The number of aliphatic imine (C=N–C) groups is 1. The number of aromatic nitrogens is 4. The summed E-state index contributed by atoms with van der Waals surface area (Å²) in [5.41, 5.74) is 21.6. The number of aromatic amines is 1. The van der Waals surface area contributed by atoms with E-state index in [1.807, 2.05) is 5.32 Å². The lowest BCUT2D eigenvalue weighted by Gasteiger charge is -2.23. The van der Waals surface area contributed by atoms with E-state index < -0.39 is 115 Å². The zero-order valence-electron chi connectivity index (χ0n) is 33.1. The molecule has 0 unspecified atom stereocenters. The quantitative estimate of drug-likeness (QED) is 0.0215. The zero-order valence-corrected chi connectivity index (χ0v) is 33.1. The van der Waals surface area contributed by atoms with Crippen LogP contribution in [0.4, 0.5) is 11.6 Å². The Morgan fingerprint density at radius 2 is 1.41 bits per heavy atom. The number of carbonyl (C=O) groups is 9. The summed E-state index contributed by atoms with van der Waals surface area (Å²) < 4.78 is 0. The number of carboxylic acid groups (broad SMARTS) is 3. The Morgan fingerprint density at radius 1 is 0.762 bits per heavy atom. The third-order valence-electron chi connectivity index (χ3n) is 8.46. The Labute approximate surface area is 354 Å². The number of nitrogens with zero attached hydrogens (tertiary/aromatic N) is 4. The summed E-state index contributed by atoms with van der Waals surface area (Å²) in [6.45, 7) is -0.724. The number of carboxylic acids is 3. The molecule has 338 valence electrons. The molecular formula is C35H45N15O13. The Morgan fingerprint density at radius 3 is 2.03 bits per heavy atom. The average Bonchev–Trinajstić information content (AvgIpc) is 3.20. The minimum absolute atomic E-state index is 0.0192. The summed E-state index contributed by atoms with van der Waals surface area (Å²) in [6.07, 6.45) is -1.71. The van der Waals surface area contributed by atoms with Gasteiger partial charge in [-0.05, 0) is 43.5 Å².